The van der Waals surface area contributed by atoms with E-state index in [9.17, 15) is 19.0 Å². The maximum atomic E-state index is 12.8. The van der Waals surface area contributed by atoms with Crippen LogP contribution in [0.4, 0.5) is 0 Å². The zero-order valence-corrected chi connectivity index (χ0v) is 58.8. The first-order valence-electron chi connectivity index (χ1n) is 37.4. The predicted molar refractivity (Wildman–Crippen MR) is 385 cm³/mol. The third kappa shape index (κ3) is 73.6. The molecule has 0 aromatic heterocycles. The fraction of sp³-hybridized carbons (Fsp3) is 0.747. The Morgan fingerprint density at radius 2 is 0.618 bits per heavy atom. The number of carbonyl (C=O) groups excluding carboxylic acids is 2. The molecule has 0 saturated carbocycles. The molecule has 9 nitrogen and oxygen atoms in total. The fourth-order valence-corrected chi connectivity index (χ4v) is 11.4. The Labute approximate surface area is 549 Å². The second-order valence-corrected chi connectivity index (χ2v) is 26.2. The maximum Gasteiger partial charge on any atom is 0.472 e. The van der Waals surface area contributed by atoms with Gasteiger partial charge in [-0.1, -0.05) is 342 Å². The molecule has 0 bridgehead atoms. The molecule has 0 aliphatic heterocycles. The summed E-state index contributed by atoms with van der Waals surface area (Å²) >= 11 is 0. The molecular formula is C79H140NO8P. The highest BCUT2D eigenvalue weighted by Crippen LogP contribution is 2.43. The fourth-order valence-electron chi connectivity index (χ4n) is 10.7. The molecule has 514 valence electrons. The first-order chi connectivity index (χ1) is 43.8. The molecule has 2 unspecified atom stereocenters. The third-order valence-electron chi connectivity index (χ3n) is 16.1. The van der Waals surface area contributed by atoms with Crippen LogP contribution >= 0.6 is 7.82 Å². The highest BCUT2D eigenvalue weighted by atomic mass is 31.2. The molecule has 0 amide bonds. The van der Waals surface area contributed by atoms with Crippen LogP contribution in [0.25, 0.3) is 0 Å². The van der Waals surface area contributed by atoms with Gasteiger partial charge in [0.05, 0.1) is 13.2 Å². The van der Waals surface area contributed by atoms with Gasteiger partial charge in [0.1, 0.15) is 6.61 Å². The zero-order valence-electron chi connectivity index (χ0n) is 57.9. The van der Waals surface area contributed by atoms with Crippen molar-refractivity contribution in [2.75, 3.05) is 26.4 Å². The molecule has 0 heterocycles. The minimum Gasteiger partial charge on any atom is -0.462 e. The molecule has 0 radical (unpaired) electrons. The van der Waals surface area contributed by atoms with Gasteiger partial charge in [-0.25, -0.2) is 4.57 Å². The van der Waals surface area contributed by atoms with Gasteiger partial charge in [0.25, 0.3) is 0 Å². The van der Waals surface area contributed by atoms with Crippen LogP contribution in [0, 0.1) is 0 Å². The lowest BCUT2D eigenvalue weighted by Gasteiger charge is -2.19. The number of nitrogens with two attached hydrogens (primary N) is 1. The van der Waals surface area contributed by atoms with Gasteiger partial charge in [0.2, 0.25) is 0 Å². The molecule has 3 N–H and O–H groups in total. The number of allylic oxidation sites excluding steroid dienone is 18. The number of phosphoric acid groups is 1. The average molecular weight is 1260 g/mol. The quantitative estimate of drug-likeness (QED) is 0.0264. The Morgan fingerprint density at radius 3 is 0.921 bits per heavy atom. The SMILES string of the molecule is CC/C=C\C/C=C\C/C=C\C/C=C\C/C=C\C/C=C\C/C=C\CCCCCCCCCCCCCCCCCCCC(=O)OC(COC(=O)CCCCCCCCCCCCCCCCCCC/C=C\C/C=C\CCCCCCC)COP(=O)(O)OCCN. The topological polar surface area (TPSA) is 134 Å². The summed E-state index contributed by atoms with van der Waals surface area (Å²) in [7, 11) is -4.40. The minimum absolute atomic E-state index is 0.0519. The van der Waals surface area contributed by atoms with Crippen molar-refractivity contribution in [2.24, 2.45) is 5.73 Å². The van der Waals surface area contributed by atoms with E-state index in [1.54, 1.807) is 0 Å². The van der Waals surface area contributed by atoms with Gasteiger partial charge in [-0.05, 0) is 103 Å². The summed E-state index contributed by atoms with van der Waals surface area (Å²) in [6.45, 7) is 3.66. The van der Waals surface area contributed by atoms with Crippen LogP contribution in [0.1, 0.15) is 348 Å². The Kier molecular flexibility index (Phi) is 71.0. The van der Waals surface area contributed by atoms with Gasteiger partial charge in [-0.2, -0.15) is 0 Å². The van der Waals surface area contributed by atoms with E-state index in [4.69, 9.17) is 24.3 Å². The minimum atomic E-state index is -4.40. The van der Waals surface area contributed by atoms with E-state index in [-0.39, 0.29) is 38.6 Å². The second-order valence-electron chi connectivity index (χ2n) is 24.8. The lowest BCUT2D eigenvalue weighted by atomic mass is 10.0. The van der Waals surface area contributed by atoms with Gasteiger partial charge in [-0.3, -0.25) is 18.6 Å². The van der Waals surface area contributed by atoms with E-state index in [2.05, 4.69) is 123 Å². The van der Waals surface area contributed by atoms with Crippen LogP contribution in [0.2, 0.25) is 0 Å². The zero-order chi connectivity index (χ0) is 64.4. The Bertz CT molecular complexity index is 1830. The number of rotatable bonds is 70. The van der Waals surface area contributed by atoms with Crippen molar-refractivity contribution in [3.8, 4) is 0 Å². The molecule has 0 aromatic carbocycles. The number of hydrogen-bond acceptors (Lipinski definition) is 8. The van der Waals surface area contributed by atoms with Crippen molar-refractivity contribution in [1.82, 2.24) is 0 Å². The first kappa shape index (κ1) is 85.7. The van der Waals surface area contributed by atoms with Crippen molar-refractivity contribution in [3.05, 3.63) is 109 Å². The maximum absolute atomic E-state index is 12.8. The summed E-state index contributed by atoms with van der Waals surface area (Å²) in [5.41, 5.74) is 5.41. The third-order valence-corrected chi connectivity index (χ3v) is 17.1. The summed E-state index contributed by atoms with van der Waals surface area (Å²) < 4.78 is 33.2. The number of carbonyl (C=O) groups is 2. The molecule has 0 spiro atoms. The highest BCUT2D eigenvalue weighted by molar-refractivity contribution is 7.47. The molecule has 0 rings (SSSR count). The van der Waals surface area contributed by atoms with E-state index in [1.165, 1.54) is 225 Å². The Balaban J connectivity index is 3.84. The number of hydrogen-bond donors (Lipinski definition) is 2. The average Bonchev–Trinajstić information content (AvgIpc) is 3.68. The van der Waals surface area contributed by atoms with E-state index in [1.807, 2.05) is 0 Å². The predicted octanol–water partition coefficient (Wildman–Crippen LogP) is 24.9. The van der Waals surface area contributed by atoms with Crippen molar-refractivity contribution < 1.29 is 37.6 Å². The molecule has 0 fully saturated rings. The van der Waals surface area contributed by atoms with E-state index < -0.39 is 26.5 Å². The number of unbranched alkanes of at least 4 members (excludes halogenated alkanes) is 39. The van der Waals surface area contributed by atoms with Crippen molar-refractivity contribution in [1.29, 1.82) is 0 Å². The van der Waals surface area contributed by atoms with Crippen molar-refractivity contribution in [3.63, 3.8) is 0 Å². The number of ether oxygens (including phenoxy) is 2. The number of phosphoric ester groups is 1. The highest BCUT2D eigenvalue weighted by Gasteiger charge is 2.26. The smallest absolute Gasteiger partial charge is 0.462 e. The van der Waals surface area contributed by atoms with Crippen LogP contribution in [0.5, 0.6) is 0 Å². The Hall–Kier alpha value is -3.33. The summed E-state index contributed by atoms with van der Waals surface area (Å²) in [5.74, 6) is -0.815. The van der Waals surface area contributed by atoms with Gasteiger partial charge < -0.3 is 20.1 Å². The van der Waals surface area contributed by atoms with Gasteiger partial charge >= 0.3 is 19.8 Å². The summed E-state index contributed by atoms with van der Waals surface area (Å²) in [6, 6.07) is 0. The second kappa shape index (κ2) is 73.7. The van der Waals surface area contributed by atoms with Crippen LogP contribution in [0.15, 0.2) is 109 Å². The normalized spacial score (nSPS) is 13.5. The summed E-state index contributed by atoms with van der Waals surface area (Å²) in [6.07, 6.45) is 102. The monoisotopic (exact) mass is 1260 g/mol. The van der Waals surface area contributed by atoms with Crippen LogP contribution in [-0.4, -0.2) is 49.3 Å². The van der Waals surface area contributed by atoms with Crippen LogP contribution in [-0.2, 0) is 32.7 Å². The van der Waals surface area contributed by atoms with Crippen molar-refractivity contribution in [2.45, 2.75) is 354 Å². The van der Waals surface area contributed by atoms with E-state index in [0.29, 0.717) is 6.42 Å². The van der Waals surface area contributed by atoms with E-state index in [0.717, 1.165) is 89.9 Å². The Morgan fingerprint density at radius 1 is 0.348 bits per heavy atom. The molecule has 0 saturated heterocycles. The van der Waals surface area contributed by atoms with Crippen molar-refractivity contribution >= 4 is 19.8 Å². The molecule has 0 aliphatic carbocycles. The molecule has 2 atom stereocenters. The lowest BCUT2D eigenvalue weighted by Crippen LogP contribution is -2.29. The number of esters is 2. The summed E-state index contributed by atoms with van der Waals surface area (Å²) in [5, 5.41) is 0. The molecule has 89 heavy (non-hydrogen) atoms. The van der Waals surface area contributed by atoms with E-state index >= 15 is 0 Å². The van der Waals surface area contributed by atoms with Gasteiger partial charge in [-0.15, -0.1) is 0 Å². The van der Waals surface area contributed by atoms with Gasteiger partial charge in [0.15, 0.2) is 6.10 Å². The first-order valence-corrected chi connectivity index (χ1v) is 38.9. The molecule has 0 aliphatic rings. The van der Waals surface area contributed by atoms with Crippen LogP contribution in [0.3, 0.4) is 0 Å². The lowest BCUT2D eigenvalue weighted by molar-refractivity contribution is -0.161. The standard InChI is InChI=1S/C79H140NO8P/c1-3-5-7-9-11-13-15-17-19-21-23-25-27-29-31-33-34-35-36-37-38-39-40-41-42-44-46-48-50-52-54-56-58-60-62-64-66-68-70-72-79(82)88-77(76-87-89(83,84)86-74-73-80)75-85-78(81)71-69-67-65-63-61-59-57-55-53-51-49-47-45-43-32-30-28-26-24-22-20-18-16-14-12-10-8-6-4-2/h5,7,11,13,16-19,22-25,29,31,34-35,37-38,77H,3-4,6,8-10,12,14-15,20-21,26-28,30,32-33,36,39-76,80H2,1-2H3,(H,83,84)/b7-5-,13-11-,18-16-,19-17-,24-22-,25-23-,31-29-,35-34-,38-37-. The van der Waals surface area contributed by atoms with Crippen LogP contribution < -0.4 is 5.73 Å². The molecule has 0 aromatic rings. The largest absolute Gasteiger partial charge is 0.472 e. The summed E-state index contributed by atoms with van der Waals surface area (Å²) in [4.78, 5) is 35.4. The molecular weight excluding hydrogens is 1120 g/mol. The molecule has 10 heteroatoms. The van der Waals surface area contributed by atoms with Gasteiger partial charge in [0, 0.05) is 19.4 Å².